The van der Waals surface area contributed by atoms with Crippen molar-refractivity contribution >= 4 is 11.6 Å². The van der Waals surface area contributed by atoms with Crippen molar-refractivity contribution in [2.75, 3.05) is 11.9 Å². The quantitative estimate of drug-likeness (QED) is 0.839. The number of halogens is 1. The first-order valence-electron chi connectivity index (χ1n) is 7.59. The third kappa shape index (κ3) is 4.71. The number of anilines is 1. The SMILES string of the molecule is CCOc1ccccc1NC(=O)[C@@H](CC)Oc1ccc(F)cc1. The third-order valence-electron chi connectivity index (χ3n) is 3.20. The van der Waals surface area contributed by atoms with Gasteiger partial charge in [0.05, 0.1) is 12.3 Å². The van der Waals surface area contributed by atoms with E-state index < -0.39 is 6.10 Å². The van der Waals surface area contributed by atoms with Gasteiger partial charge in [0.25, 0.3) is 5.91 Å². The maximum atomic E-state index is 12.9. The Hall–Kier alpha value is -2.56. The van der Waals surface area contributed by atoms with Crippen molar-refractivity contribution in [3.63, 3.8) is 0 Å². The highest BCUT2D eigenvalue weighted by atomic mass is 19.1. The summed E-state index contributed by atoms with van der Waals surface area (Å²) in [4.78, 5) is 12.4. The fourth-order valence-electron chi connectivity index (χ4n) is 2.06. The number of amides is 1. The van der Waals surface area contributed by atoms with Crippen molar-refractivity contribution < 1.29 is 18.7 Å². The molecule has 0 aliphatic carbocycles. The van der Waals surface area contributed by atoms with Crippen LogP contribution in [0.3, 0.4) is 0 Å². The molecule has 2 aromatic carbocycles. The number of rotatable bonds is 7. The molecule has 0 aromatic heterocycles. The third-order valence-corrected chi connectivity index (χ3v) is 3.20. The number of hydrogen-bond donors (Lipinski definition) is 1. The number of carbonyl (C=O) groups excluding carboxylic acids is 1. The first-order chi connectivity index (χ1) is 11.1. The Kier molecular flexibility index (Phi) is 5.97. The van der Waals surface area contributed by atoms with E-state index in [0.29, 0.717) is 30.2 Å². The lowest BCUT2D eigenvalue weighted by Gasteiger charge is -2.18. The topological polar surface area (TPSA) is 47.6 Å². The van der Waals surface area contributed by atoms with Crippen LogP contribution in [0, 0.1) is 5.82 Å². The molecule has 0 fully saturated rings. The maximum Gasteiger partial charge on any atom is 0.265 e. The summed E-state index contributed by atoms with van der Waals surface area (Å²) in [5.74, 6) is 0.441. The highest BCUT2D eigenvalue weighted by Crippen LogP contribution is 2.24. The Balaban J connectivity index is 2.06. The molecule has 4 nitrogen and oxygen atoms in total. The summed E-state index contributed by atoms with van der Waals surface area (Å²) in [5, 5.41) is 2.81. The second-order valence-corrected chi connectivity index (χ2v) is 4.89. The number of carbonyl (C=O) groups is 1. The smallest absolute Gasteiger partial charge is 0.265 e. The van der Waals surface area contributed by atoms with Crippen LogP contribution in [0.25, 0.3) is 0 Å². The Morgan fingerprint density at radius 2 is 1.83 bits per heavy atom. The number of hydrogen-bond acceptors (Lipinski definition) is 3. The van der Waals surface area contributed by atoms with Crippen molar-refractivity contribution in [3.05, 3.63) is 54.3 Å². The summed E-state index contributed by atoms with van der Waals surface area (Å²) in [6, 6.07) is 12.8. The monoisotopic (exact) mass is 317 g/mol. The summed E-state index contributed by atoms with van der Waals surface area (Å²) in [6.07, 6.45) is -0.185. The van der Waals surface area contributed by atoms with E-state index in [1.165, 1.54) is 24.3 Å². The second kappa shape index (κ2) is 8.17. The Morgan fingerprint density at radius 3 is 2.48 bits per heavy atom. The molecule has 5 heteroatoms. The Labute approximate surface area is 135 Å². The highest BCUT2D eigenvalue weighted by Gasteiger charge is 2.19. The van der Waals surface area contributed by atoms with Gasteiger partial charge in [-0.05, 0) is 49.7 Å². The van der Waals surface area contributed by atoms with Crippen LogP contribution >= 0.6 is 0 Å². The van der Waals surface area contributed by atoms with Gasteiger partial charge in [-0.1, -0.05) is 19.1 Å². The van der Waals surface area contributed by atoms with Crippen LogP contribution < -0.4 is 14.8 Å². The Bertz CT molecular complexity index is 643. The van der Waals surface area contributed by atoms with Gasteiger partial charge in [0.1, 0.15) is 17.3 Å². The molecule has 0 aliphatic rings. The molecule has 1 atom stereocenters. The van der Waals surface area contributed by atoms with Crippen molar-refractivity contribution in [1.82, 2.24) is 0 Å². The van der Waals surface area contributed by atoms with E-state index >= 15 is 0 Å². The summed E-state index contributed by atoms with van der Waals surface area (Å²) in [7, 11) is 0. The molecule has 23 heavy (non-hydrogen) atoms. The molecule has 0 unspecified atom stereocenters. The van der Waals surface area contributed by atoms with Gasteiger partial charge in [0, 0.05) is 0 Å². The second-order valence-electron chi connectivity index (χ2n) is 4.89. The van der Waals surface area contributed by atoms with E-state index in [-0.39, 0.29) is 11.7 Å². The Morgan fingerprint density at radius 1 is 1.13 bits per heavy atom. The molecule has 0 heterocycles. The van der Waals surface area contributed by atoms with E-state index in [2.05, 4.69) is 5.32 Å². The molecule has 2 rings (SSSR count). The molecule has 122 valence electrons. The minimum Gasteiger partial charge on any atom is -0.492 e. The molecule has 1 amide bonds. The van der Waals surface area contributed by atoms with Crippen LogP contribution in [-0.2, 0) is 4.79 Å². The van der Waals surface area contributed by atoms with Gasteiger partial charge in [-0.2, -0.15) is 0 Å². The van der Waals surface area contributed by atoms with Gasteiger partial charge >= 0.3 is 0 Å². The predicted octanol–water partition coefficient (Wildman–Crippen LogP) is 4.02. The molecule has 0 radical (unpaired) electrons. The van der Waals surface area contributed by atoms with E-state index in [9.17, 15) is 9.18 Å². The lowest BCUT2D eigenvalue weighted by Crippen LogP contribution is -2.32. The van der Waals surface area contributed by atoms with Crippen LogP contribution in [0.5, 0.6) is 11.5 Å². The van der Waals surface area contributed by atoms with Gasteiger partial charge in [-0.3, -0.25) is 4.79 Å². The van der Waals surface area contributed by atoms with Gasteiger partial charge in [-0.25, -0.2) is 4.39 Å². The maximum absolute atomic E-state index is 12.9. The van der Waals surface area contributed by atoms with Crippen LogP contribution in [0.2, 0.25) is 0 Å². The molecular weight excluding hydrogens is 297 g/mol. The lowest BCUT2D eigenvalue weighted by atomic mass is 10.2. The summed E-state index contributed by atoms with van der Waals surface area (Å²) >= 11 is 0. The molecule has 0 bridgehead atoms. The van der Waals surface area contributed by atoms with E-state index in [1.54, 1.807) is 12.1 Å². The lowest BCUT2D eigenvalue weighted by molar-refractivity contribution is -0.122. The average molecular weight is 317 g/mol. The number of nitrogens with one attached hydrogen (secondary N) is 1. The average Bonchev–Trinajstić information content (AvgIpc) is 2.56. The van der Waals surface area contributed by atoms with Crippen molar-refractivity contribution in [2.24, 2.45) is 0 Å². The largest absolute Gasteiger partial charge is 0.492 e. The summed E-state index contributed by atoms with van der Waals surface area (Å²) in [6.45, 7) is 4.24. The minimum atomic E-state index is -0.671. The molecular formula is C18H20FNO3. The first-order valence-corrected chi connectivity index (χ1v) is 7.59. The van der Waals surface area contributed by atoms with Gasteiger partial charge in [-0.15, -0.1) is 0 Å². The van der Waals surface area contributed by atoms with E-state index in [4.69, 9.17) is 9.47 Å². The van der Waals surface area contributed by atoms with Gasteiger partial charge in [0.15, 0.2) is 6.10 Å². The number of ether oxygens (including phenoxy) is 2. The zero-order valence-corrected chi connectivity index (χ0v) is 13.2. The van der Waals surface area contributed by atoms with Crippen LogP contribution in [-0.4, -0.2) is 18.6 Å². The molecule has 0 saturated heterocycles. The minimum absolute atomic E-state index is 0.274. The van der Waals surface area contributed by atoms with Crippen molar-refractivity contribution in [3.8, 4) is 11.5 Å². The van der Waals surface area contributed by atoms with Crippen LogP contribution in [0.1, 0.15) is 20.3 Å². The zero-order valence-electron chi connectivity index (χ0n) is 13.2. The van der Waals surface area contributed by atoms with Gasteiger partial charge < -0.3 is 14.8 Å². The van der Waals surface area contributed by atoms with E-state index in [1.807, 2.05) is 26.0 Å². The fourth-order valence-corrected chi connectivity index (χ4v) is 2.06. The molecule has 0 saturated carbocycles. The molecule has 2 aromatic rings. The van der Waals surface area contributed by atoms with E-state index in [0.717, 1.165) is 0 Å². The highest BCUT2D eigenvalue weighted by molar-refractivity contribution is 5.95. The first kappa shape index (κ1) is 16.8. The van der Waals surface area contributed by atoms with Crippen molar-refractivity contribution in [1.29, 1.82) is 0 Å². The summed E-state index contributed by atoms with van der Waals surface area (Å²) in [5.41, 5.74) is 0.598. The van der Waals surface area contributed by atoms with Crippen molar-refractivity contribution in [2.45, 2.75) is 26.4 Å². The number of benzene rings is 2. The zero-order chi connectivity index (χ0) is 16.7. The predicted molar refractivity (Wildman–Crippen MR) is 87.3 cm³/mol. The molecule has 1 N–H and O–H groups in total. The summed E-state index contributed by atoms with van der Waals surface area (Å²) < 4.78 is 24.0. The molecule has 0 aliphatic heterocycles. The number of para-hydroxylation sites is 2. The fraction of sp³-hybridized carbons (Fsp3) is 0.278. The van der Waals surface area contributed by atoms with Crippen LogP contribution in [0.15, 0.2) is 48.5 Å². The normalized spacial score (nSPS) is 11.6. The van der Waals surface area contributed by atoms with Gasteiger partial charge in [0.2, 0.25) is 0 Å². The molecule has 0 spiro atoms. The van der Waals surface area contributed by atoms with Crippen LogP contribution in [0.4, 0.5) is 10.1 Å². The standard InChI is InChI=1S/C18H20FNO3/c1-3-16(23-14-11-9-13(19)10-12-14)18(21)20-15-7-5-6-8-17(15)22-4-2/h5-12,16H,3-4H2,1-2H3,(H,20,21)/t16-/m1/s1.